The summed E-state index contributed by atoms with van der Waals surface area (Å²) < 4.78 is 20.6. The van der Waals surface area contributed by atoms with Crippen molar-refractivity contribution >= 4 is 11.7 Å². The van der Waals surface area contributed by atoms with Gasteiger partial charge in [0.25, 0.3) is 0 Å². The van der Waals surface area contributed by atoms with E-state index in [2.05, 4.69) is 0 Å². The van der Waals surface area contributed by atoms with E-state index < -0.39 is 17.5 Å². The average Bonchev–Trinajstić information content (AvgIpc) is 2.60. The number of carbonyl (C=O) groups excluding carboxylic acids is 1. The summed E-state index contributed by atoms with van der Waals surface area (Å²) in [5.74, 6) is -0.0390. The molecule has 0 bridgehead atoms. The fraction of sp³-hybridized carbons (Fsp3) is 0.188. The van der Waals surface area contributed by atoms with Gasteiger partial charge in [0, 0.05) is 6.07 Å². The first kappa shape index (κ1) is 17.1. The standard InChI is InChI=1S/C16H15NO7/c1-21-13-8-5-9-14(22-2)16(13)24-15(18)10-23-12-7-4-3-6-11(12)17(19)20/h3-9H,10H2,1-2H3. The predicted octanol–water partition coefficient (Wildman–Crippen LogP) is 2.60. The highest BCUT2D eigenvalue weighted by Gasteiger charge is 2.18. The molecule has 0 fully saturated rings. The summed E-state index contributed by atoms with van der Waals surface area (Å²) in [4.78, 5) is 22.3. The number of para-hydroxylation sites is 3. The van der Waals surface area contributed by atoms with Gasteiger partial charge in [0.2, 0.25) is 5.75 Å². The molecule has 0 aliphatic heterocycles. The van der Waals surface area contributed by atoms with Gasteiger partial charge in [0.15, 0.2) is 23.9 Å². The quantitative estimate of drug-likeness (QED) is 0.332. The van der Waals surface area contributed by atoms with E-state index in [0.29, 0.717) is 11.5 Å². The van der Waals surface area contributed by atoms with Gasteiger partial charge in [-0.1, -0.05) is 18.2 Å². The highest BCUT2D eigenvalue weighted by molar-refractivity contribution is 5.76. The lowest BCUT2D eigenvalue weighted by atomic mass is 10.3. The van der Waals surface area contributed by atoms with Crippen LogP contribution in [0.5, 0.6) is 23.0 Å². The second kappa shape index (κ2) is 7.82. The predicted molar refractivity (Wildman–Crippen MR) is 83.8 cm³/mol. The number of nitro groups is 1. The number of nitrogens with zero attached hydrogens (tertiary/aromatic N) is 1. The molecule has 0 saturated heterocycles. The highest BCUT2D eigenvalue weighted by Crippen LogP contribution is 2.36. The summed E-state index contributed by atoms with van der Waals surface area (Å²) in [7, 11) is 2.85. The molecule has 0 aliphatic carbocycles. The SMILES string of the molecule is COc1cccc(OC)c1OC(=O)COc1ccccc1[N+](=O)[O-]. The van der Waals surface area contributed by atoms with E-state index in [1.54, 1.807) is 24.3 Å². The van der Waals surface area contributed by atoms with Crippen LogP contribution in [0.4, 0.5) is 5.69 Å². The topological polar surface area (TPSA) is 97.1 Å². The van der Waals surface area contributed by atoms with Gasteiger partial charge < -0.3 is 18.9 Å². The summed E-state index contributed by atoms with van der Waals surface area (Å²) >= 11 is 0. The molecule has 0 heterocycles. The number of hydrogen-bond donors (Lipinski definition) is 0. The third-order valence-electron chi connectivity index (χ3n) is 3.01. The Morgan fingerprint density at radius 2 is 1.58 bits per heavy atom. The van der Waals surface area contributed by atoms with E-state index in [1.807, 2.05) is 0 Å². The molecule has 0 spiro atoms. The van der Waals surface area contributed by atoms with Gasteiger partial charge in [-0.3, -0.25) is 10.1 Å². The number of methoxy groups -OCH3 is 2. The number of benzene rings is 2. The van der Waals surface area contributed by atoms with Gasteiger partial charge in [0.05, 0.1) is 19.1 Å². The molecule has 0 unspecified atom stereocenters. The monoisotopic (exact) mass is 333 g/mol. The van der Waals surface area contributed by atoms with Crippen LogP contribution in [0, 0.1) is 10.1 Å². The summed E-state index contributed by atoms with van der Waals surface area (Å²) in [6.07, 6.45) is 0. The minimum atomic E-state index is -0.754. The maximum absolute atomic E-state index is 12.0. The van der Waals surface area contributed by atoms with Crippen LogP contribution in [0.1, 0.15) is 0 Å². The van der Waals surface area contributed by atoms with Gasteiger partial charge in [0.1, 0.15) is 0 Å². The van der Waals surface area contributed by atoms with E-state index in [-0.39, 0.29) is 17.2 Å². The minimum Gasteiger partial charge on any atom is -0.493 e. The summed E-state index contributed by atoms with van der Waals surface area (Å²) in [5.41, 5.74) is -0.236. The average molecular weight is 333 g/mol. The van der Waals surface area contributed by atoms with Crippen molar-refractivity contribution in [2.75, 3.05) is 20.8 Å². The number of esters is 1. The first-order valence-electron chi connectivity index (χ1n) is 6.84. The molecule has 0 saturated carbocycles. The molecule has 2 aromatic rings. The highest BCUT2D eigenvalue weighted by atomic mass is 16.6. The Kier molecular flexibility index (Phi) is 5.56. The third-order valence-corrected chi connectivity index (χ3v) is 3.01. The molecule has 0 atom stereocenters. The molecule has 0 radical (unpaired) electrons. The molecule has 8 heteroatoms. The fourth-order valence-electron chi connectivity index (χ4n) is 1.93. The second-order valence-electron chi connectivity index (χ2n) is 4.48. The summed E-state index contributed by atoms with van der Waals surface area (Å²) in [6.45, 7) is -0.508. The van der Waals surface area contributed by atoms with Gasteiger partial charge in [-0.2, -0.15) is 0 Å². The van der Waals surface area contributed by atoms with Crippen molar-refractivity contribution < 1.29 is 28.7 Å². The first-order valence-corrected chi connectivity index (χ1v) is 6.84. The Hall–Kier alpha value is -3.29. The Balaban J connectivity index is 2.09. The van der Waals surface area contributed by atoms with Crippen LogP contribution in [0.15, 0.2) is 42.5 Å². The molecule has 2 aromatic carbocycles. The number of hydrogen-bond acceptors (Lipinski definition) is 7. The maximum Gasteiger partial charge on any atom is 0.349 e. The van der Waals surface area contributed by atoms with E-state index in [1.165, 1.54) is 32.4 Å². The van der Waals surface area contributed by atoms with Gasteiger partial charge in [-0.15, -0.1) is 0 Å². The smallest absolute Gasteiger partial charge is 0.349 e. The van der Waals surface area contributed by atoms with Gasteiger partial charge in [-0.25, -0.2) is 4.79 Å². The van der Waals surface area contributed by atoms with E-state index in [0.717, 1.165) is 0 Å². The molecule has 2 rings (SSSR count). The number of nitro benzene ring substituents is 1. The lowest BCUT2D eigenvalue weighted by molar-refractivity contribution is -0.385. The largest absolute Gasteiger partial charge is 0.493 e. The Morgan fingerprint density at radius 1 is 1.00 bits per heavy atom. The first-order chi connectivity index (χ1) is 11.6. The van der Waals surface area contributed by atoms with Crippen LogP contribution in [0.25, 0.3) is 0 Å². The van der Waals surface area contributed by atoms with Crippen molar-refractivity contribution in [1.29, 1.82) is 0 Å². The molecule has 0 aromatic heterocycles. The van der Waals surface area contributed by atoms with Crippen LogP contribution in [-0.2, 0) is 4.79 Å². The van der Waals surface area contributed by atoms with Crippen LogP contribution >= 0.6 is 0 Å². The second-order valence-corrected chi connectivity index (χ2v) is 4.48. The fourth-order valence-corrected chi connectivity index (χ4v) is 1.93. The summed E-state index contributed by atoms with van der Waals surface area (Å²) in [6, 6.07) is 10.6. The van der Waals surface area contributed by atoms with E-state index in [4.69, 9.17) is 18.9 Å². The number of rotatable bonds is 7. The number of ether oxygens (including phenoxy) is 4. The van der Waals surface area contributed by atoms with Crippen molar-refractivity contribution in [3.05, 3.63) is 52.6 Å². The van der Waals surface area contributed by atoms with Gasteiger partial charge in [-0.05, 0) is 18.2 Å². The van der Waals surface area contributed by atoms with E-state index >= 15 is 0 Å². The molecule has 0 aliphatic rings. The Morgan fingerprint density at radius 3 is 2.17 bits per heavy atom. The van der Waals surface area contributed by atoms with Crippen LogP contribution in [0.2, 0.25) is 0 Å². The lowest BCUT2D eigenvalue weighted by Gasteiger charge is -2.13. The zero-order valence-electron chi connectivity index (χ0n) is 13.1. The van der Waals surface area contributed by atoms with Crippen LogP contribution in [0.3, 0.4) is 0 Å². The minimum absolute atomic E-state index is 0.0218. The van der Waals surface area contributed by atoms with Crippen molar-refractivity contribution in [1.82, 2.24) is 0 Å². The Bertz CT molecular complexity index is 723. The normalized spacial score (nSPS) is 9.92. The number of carbonyl (C=O) groups is 1. The molecular formula is C16H15NO7. The van der Waals surface area contributed by atoms with Gasteiger partial charge >= 0.3 is 11.7 Å². The molecule has 126 valence electrons. The summed E-state index contributed by atoms with van der Waals surface area (Å²) in [5, 5.41) is 10.9. The van der Waals surface area contributed by atoms with Crippen molar-refractivity contribution in [2.24, 2.45) is 0 Å². The third kappa shape index (κ3) is 3.92. The Labute approximate surface area is 137 Å². The molecule has 8 nitrogen and oxygen atoms in total. The van der Waals surface area contributed by atoms with E-state index in [9.17, 15) is 14.9 Å². The molecule has 24 heavy (non-hydrogen) atoms. The zero-order chi connectivity index (χ0) is 17.5. The van der Waals surface area contributed by atoms with Crippen LogP contribution < -0.4 is 18.9 Å². The maximum atomic E-state index is 12.0. The lowest BCUT2D eigenvalue weighted by Crippen LogP contribution is -2.18. The van der Waals surface area contributed by atoms with Crippen molar-refractivity contribution in [3.63, 3.8) is 0 Å². The molecule has 0 N–H and O–H groups in total. The van der Waals surface area contributed by atoms with Crippen molar-refractivity contribution in [3.8, 4) is 23.0 Å². The zero-order valence-corrected chi connectivity index (χ0v) is 13.1. The molecular weight excluding hydrogens is 318 g/mol. The molecule has 0 amide bonds. The van der Waals surface area contributed by atoms with Crippen molar-refractivity contribution in [2.45, 2.75) is 0 Å². The van der Waals surface area contributed by atoms with Crippen LogP contribution in [-0.4, -0.2) is 31.7 Å².